The molecule has 0 amide bonds. The van der Waals surface area contributed by atoms with E-state index in [1.807, 2.05) is 25.1 Å². The van der Waals surface area contributed by atoms with Gasteiger partial charge in [0.2, 0.25) is 0 Å². The van der Waals surface area contributed by atoms with Gasteiger partial charge >= 0.3 is 0 Å². The smallest absolute Gasteiger partial charge is 0.129 e. The van der Waals surface area contributed by atoms with E-state index < -0.39 is 0 Å². The normalized spacial score (nSPS) is 12.4. The number of hydrogen-bond donors (Lipinski definition) is 1. The second-order valence-electron chi connectivity index (χ2n) is 4.21. The van der Waals surface area contributed by atoms with Crippen molar-refractivity contribution < 1.29 is 4.42 Å². The van der Waals surface area contributed by atoms with E-state index in [0.29, 0.717) is 6.04 Å². The van der Waals surface area contributed by atoms with Gasteiger partial charge in [0, 0.05) is 24.2 Å². The molecule has 1 N–H and O–H groups in total. The Morgan fingerprint density at radius 1 is 1.41 bits per heavy atom. The van der Waals surface area contributed by atoms with Crippen molar-refractivity contribution in [3.63, 3.8) is 0 Å². The van der Waals surface area contributed by atoms with Crippen LogP contribution in [0.3, 0.4) is 0 Å². The molecule has 0 saturated heterocycles. The van der Waals surface area contributed by atoms with Gasteiger partial charge in [-0.2, -0.15) is 0 Å². The Morgan fingerprint density at radius 3 is 3.00 bits per heavy atom. The minimum absolute atomic E-state index is 0.356. The molecule has 0 aliphatic heterocycles. The minimum Gasteiger partial charge on any atom is -0.469 e. The van der Waals surface area contributed by atoms with Crippen LogP contribution in [0.4, 0.5) is 5.82 Å². The first-order valence-corrected chi connectivity index (χ1v) is 5.81. The van der Waals surface area contributed by atoms with Crippen LogP contribution < -0.4 is 5.32 Å². The minimum atomic E-state index is 0.356. The zero-order valence-corrected chi connectivity index (χ0v) is 10.2. The van der Waals surface area contributed by atoms with Crippen molar-refractivity contribution in [2.24, 2.45) is 0 Å². The molecule has 0 fully saturated rings. The van der Waals surface area contributed by atoms with Crippen LogP contribution >= 0.6 is 0 Å². The number of nitrogens with zero attached hydrogens (tertiary/aromatic N) is 2. The van der Waals surface area contributed by atoms with E-state index in [0.717, 1.165) is 30.1 Å². The van der Waals surface area contributed by atoms with E-state index in [-0.39, 0.29) is 0 Å². The van der Waals surface area contributed by atoms with E-state index in [1.165, 1.54) is 0 Å². The van der Waals surface area contributed by atoms with Gasteiger partial charge in [0.15, 0.2) is 0 Å². The van der Waals surface area contributed by atoms with Crippen molar-refractivity contribution >= 4 is 5.82 Å². The predicted octanol–water partition coefficient (Wildman–Crippen LogP) is 2.81. The monoisotopic (exact) mass is 231 g/mol. The quantitative estimate of drug-likeness (QED) is 0.859. The molecule has 1 atom stereocenters. The maximum atomic E-state index is 5.30. The summed E-state index contributed by atoms with van der Waals surface area (Å²) in [6.07, 6.45) is 5.24. The summed E-state index contributed by atoms with van der Waals surface area (Å²) >= 11 is 0. The van der Waals surface area contributed by atoms with Crippen LogP contribution in [0.15, 0.2) is 35.2 Å². The van der Waals surface area contributed by atoms with Gasteiger partial charge in [-0.1, -0.05) is 0 Å². The Kier molecular flexibility index (Phi) is 3.75. The molecule has 0 radical (unpaired) electrons. The van der Waals surface area contributed by atoms with Gasteiger partial charge in [-0.05, 0) is 32.4 Å². The number of aromatic nitrogens is 2. The molecule has 17 heavy (non-hydrogen) atoms. The van der Waals surface area contributed by atoms with Crippen LogP contribution in [-0.2, 0) is 6.42 Å². The van der Waals surface area contributed by atoms with Crippen LogP contribution in [0.2, 0.25) is 0 Å². The second-order valence-corrected chi connectivity index (χ2v) is 4.21. The summed E-state index contributed by atoms with van der Waals surface area (Å²) < 4.78 is 5.30. The van der Waals surface area contributed by atoms with E-state index in [2.05, 4.69) is 22.2 Å². The molecule has 1 unspecified atom stereocenters. The zero-order valence-electron chi connectivity index (χ0n) is 10.2. The van der Waals surface area contributed by atoms with Crippen molar-refractivity contribution in [1.82, 2.24) is 9.97 Å². The molecular weight excluding hydrogens is 214 g/mol. The molecule has 0 spiro atoms. The SMILES string of the molecule is Cc1cc(NC(C)CCc2ccco2)ncn1. The topological polar surface area (TPSA) is 51.0 Å². The van der Waals surface area contributed by atoms with Gasteiger partial charge in [-0.25, -0.2) is 9.97 Å². The second kappa shape index (κ2) is 5.48. The molecule has 0 saturated carbocycles. The average molecular weight is 231 g/mol. The molecular formula is C13H17N3O. The third-order valence-electron chi connectivity index (χ3n) is 2.60. The van der Waals surface area contributed by atoms with Gasteiger partial charge in [0.05, 0.1) is 6.26 Å². The predicted molar refractivity (Wildman–Crippen MR) is 66.9 cm³/mol. The fraction of sp³-hybridized carbons (Fsp3) is 0.385. The summed E-state index contributed by atoms with van der Waals surface area (Å²) in [5.41, 5.74) is 0.973. The first-order chi connectivity index (χ1) is 8.24. The Balaban J connectivity index is 1.83. The molecule has 0 bridgehead atoms. The average Bonchev–Trinajstić information content (AvgIpc) is 2.79. The lowest BCUT2D eigenvalue weighted by atomic mass is 10.1. The fourth-order valence-electron chi connectivity index (χ4n) is 1.67. The third kappa shape index (κ3) is 3.59. The number of hydrogen-bond acceptors (Lipinski definition) is 4. The van der Waals surface area contributed by atoms with Crippen molar-refractivity contribution in [2.45, 2.75) is 32.7 Å². The van der Waals surface area contributed by atoms with E-state index in [4.69, 9.17) is 4.42 Å². The molecule has 4 heteroatoms. The first-order valence-electron chi connectivity index (χ1n) is 5.81. The Labute approximate surface area is 101 Å². The Morgan fingerprint density at radius 2 is 2.29 bits per heavy atom. The fourth-order valence-corrected chi connectivity index (χ4v) is 1.67. The number of nitrogens with one attached hydrogen (secondary N) is 1. The molecule has 0 aromatic carbocycles. The third-order valence-corrected chi connectivity index (χ3v) is 2.60. The lowest BCUT2D eigenvalue weighted by Crippen LogP contribution is -2.16. The Bertz CT molecular complexity index is 453. The van der Waals surface area contributed by atoms with Crippen LogP contribution in [0.5, 0.6) is 0 Å². The summed E-state index contributed by atoms with van der Waals surface area (Å²) in [4.78, 5) is 8.25. The van der Waals surface area contributed by atoms with Gasteiger partial charge in [-0.15, -0.1) is 0 Å². The summed E-state index contributed by atoms with van der Waals surface area (Å²) in [6, 6.07) is 6.22. The molecule has 0 aliphatic rings. The summed E-state index contributed by atoms with van der Waals surface area (Å²) in [7, 11) is 0. The first kappa shape index (κ1) is 11.6. The Hall–Kier alpha value is -1.84. The van der Waals surface area contributed by atoms with E-state index in [9.17, 15) is 0 Å². The largest absolute Gasteiger partial charge is 0.469 e. The zero-order chi connectivity index (χ0) is 12.1. The van der Waals surface area contributed by atoms with Crippen LogP contribution in [0, 0.1) is 6.92 Å². The molecule has 2 rings (SSSR count). The molecule has 2 aromatic heterocycles. The van der Waals surface area contributed by atoms with Gasteiger partial charge in [0.1, 0.15) is 17.9 Å². The lowest BCUT2D eigenvalue weighted by molar-refractivity contribution is 0.495. The standard InChI is InChI=1S/C13H17N3O/c1-10(5-6-12-4-3-7-17-12)16-13-8-11(2)14-9-15-13/h3-4,7-10H,5-6H2,1-2H3,(H,14,15,16). The van der Waals surface area contributed by atoms with E-state index >= 15 is 0 Å². The summed E-state index contributed by atoms with van der Waals surface area (Å²) in [6.45, 7) is 4.10. The highest BCUT2D eigenvalue weighted by molar-refractivity contribution is 5.35. The van der Waals surface area contributed by atoms with Crippen LogP contribution in [0.25, 0.3) is 0 Å². The summed E-state index contributed by atoms with van der Waals surface area (Å²) in [5, 5.41) is 3.35. The van der Waals surface area contributed by atoms with Crippen LogP contribution in [0.1, 0.15) is 24.8 Å². The number of aryl methyl sites for hydroxylation is 2. The van der Waals surface area contributed by atoms with Crippen molar-refractivity contribution in [2.75, 3.05) is 5.32 Å². The van der Waals surface area contributed by atoms with E-state index in [1.54, 1.807) is 12.6 Å². The molecule has 4 nitrogen and oxygen atoms in total. The molecule has 2 aromatic rings. The summed E-state index contributed by atoms with van der Waals surface area (Å²) in [5.74, 6) is 1.90. The lowest BCUT2D eigenvalue weighted by Gasteiger charge is -2.13. The number of anilines is 1. The van der Waals surface area contributed by atoms with Gasteiger partial charge in [0.25, 0.3) is 0 Å². The van der Waals surface area contributed by atoms with Gasteiger partial charge < -0.3 is 9.73 Å². The molecule has 0 aliphatic carbocycles. The maximum absolute atomic E-state index is 5.30. The van der Waals surface area contributed by atoms with Crippen molar-refractivity contribution in [3.8, 4) is 0 Å². The van der Waals surface area contributed by atoms with Gasteiger partial charge in [-0.3, -0.25) is 0 Å². The van der Waals surface area contributed by atoms with Crippen molar-refractivity contribution in [1.29, 1.82) is 0 Å². The number of rotatable bonds is 5. The molecule has 90 valence electrons. The highest BCUT2D eigenvalue weighted by Crippen LogP contribution is 2.10. The van der Waals surface area contributed by atoms with Crippen LogP contribution in [-0.4, -0.2) is 16.0 Å². The highest BCUT2D eigenvalue weighted by Gasteiger charge is 2.05. The van der Waals surface area contributed by atoms with Crippen molar-refractivity contribution in [3.05, 3.63) is 42.2 Å². The highest BCUT2D eigenvalue weighted by atomic mass is 16.3. The maximum Gasteiger partial charge on any atom is 0.129 e. The molecule has 2 heterocycles. The number of furan rings is 1.